The Hall–Kier alpha value is -2.12. The standard InChI is InChI=1S/C28H41N3O4/c1-31(24-5-8-34-9-6-24)7-10-35-25-4-2-3-20(14-25)18-29-26(32)19-30-27(33)28-15-21-11-22(16-28)13-23(12-21)17-28/h2-4,14,21-24H,5-13,15-19H2,1H3,(H,29,32)(H,30,33). The van der Waals surface area contributed by atoms with Gasteiger partial charge in [0.15, 0.2) is 0 Å². The number of amides is 2. The number of hydrogen-bond acceptors (Lipinski definition) is 5. The maximum absolute atomic E-state index is 13.1. The zero-order valence-corrected chi connectivity index (χ0v) is 21.1. The topological polar surface area (TPSA) is 79.9 Å². The van der Waals surface area contributed by atoms with Crippen molar-refractivity contribution in [3.05, 3.63) is 29.8 Å². The fraction of sp³-hybridized carbons (Fsp3) is 0.714. The number of nitrogens with zero attached hydrogens (tertiary/aromatic N) is 1. The van der Waals surface area contributed by atoms with E-state index in [-0.39, 0.29) is 23.8 Å². The minimum absolute atomic E-state index is 0.0509. The highest BCUT2D eigenvalue weighted by Gasteiger charge is 2.54. The normalized spacial score (nSPS) is 29.8. The van der Waals surface area contributed by atoms with Crippen molar-refractivity contribution in [2.75, 3.05) is 40.0 Å². The van der Waals surface area contributed by atoms with E-state index >= 15 is 0 Å². The number of rotatable bonds is 10. The van der Waals surface area contributed by atoms with E-state index in [0.29, 0.717) is 19.2 Å². The van der Waals surface area contributed by atoms with Crippen molar-refractivity contribution < 1.29 is 19.1 Å². The molecule has 0 atom stereocenters. The number of likely N-dealkylation sites (N-methyl/N-ethyl adjacent to an activating group) is 1. The lowest BCUT2D eigenvalue weighted by atomic mass is 9.49. The molecule has 4 bridgehead atoms. The Kier molecular flexibility index (Phi) is 7.63. The zero-order chi connectivity index (χ0) is 24.3. The van der Waals surface area contributed by atoms with E-state index in [2.05, 4.69) is 22.6 Å². The summed E-state index contributed by atoms with van der Waals surface area (Å²) in [5, 5.41) is 5.91. The molecule has 2 N–H and O–H groups in total. The molecule has 0 spiro atoms. The number of hydrogen-bond donors (Lipinski definition) is 2. The van der Waals surface area contributed by atoms with Crippen molar-refractivity contribution in [2.24, 2.45) is 23.2 Å². The predicted octanol–water partition coefficient (Wildman–Crippen LogP) is 3.13. The van der Waals surface area contributed by atoms with Gasteiger partial charge in [0.05, 0.1) is 6.54 Å². The van der Waals surface area contributed by atoms with Crippen molar-refractivity contribution in [3.63, 3.8) is 0 Å². The Morgan fingerprint density at radius 3 is 2.43 bits per heavy atom. The van der Waals surface area contributed by atoms with Crippen LogP contribution in [0.1, 0.15) is 56.9 Å². The van der Waals surface area contributed by atoms with E-state index in [1.165, 1.54) is 19.3 Å². The SMILES string of the molecule is CN(CCOc1cccc(CNC(=O)CNC(=O)C23CC4CC(CC(C4)C2)C3)c1)C1CCOCC1. The summed E-state index contributed by atoms with van der Waals surface area (Å²) >= 11 is 0. The van der Waals surface area contributed by atoms with Gasteiger partial charge in [-0.05, 0) is 93.9 Å². The third-order valence-corrected chi connectivity index (χ3v) is 8.84. The van der Waals surface area contributed by atoms with Crippen LogP contribution in [0.3, 0.4) is 0 Å². The molecule has 5 fully saturated rings. The van der Waals surface area contributed by atoms with Gasteiger partial charge in [0, 0.05) is 37.8 Å². The Morgan fingerprint density at radius 1 is 1.06 bits per heavy atom. The minimum Gasteiger partial charge on any atom is -0.492 e. The van der Waals surface area contributed by atoms with Gasteiger partial charge < -0.3 is 20.1 Å². The molecule has 0 radical (unpaired) electrons. The lowest BCUT2D eigenvalue weighted by Crippen LogP contribution is -2.54. The molecule has 1 aromatic rings. The molecule has 0 unspecified atom stereocenters. The molecule has 7 heteroatoms. The van der Waals surface area contributed by atoms with Crippen molar-refractivity contribution >= 4 is 11.8 Å². The summed E-state index contributed by atoms with van der Waals surface area (Å²) in [7, 11) is 2.15. The minimum atomic E-state index is -0.209. The van der Waals surface area contributed by atoms with Crippen LogP contribution in [0.4, 0.5) is 0 Å². The quantitative estimate of drug-likeness (QED) is 0.535. The largest absolute Gasteiger partial charge is 0.492 e. The first-order valence-electron chi connectivity index (χ1n) is 13.5. The lowest BCUT2D eigenvalue weighted by molar-refractivity contribution is -0.147. The van der Waals surface area contributed by atoms with Gasteiger partial charge >= 0.3 is 0 Å². The van der Waals surface area contributed by atoms with Crippen molar-refractivity contribution in [3.8, 4) is 5.75 Å². The van der Waals surface area contributed by atoms with Crippen LogP contribution in [-0.2, 0) is 20.9 Å². The fourth-order valence-corrected chi connectivity index (χ4v) is 7.36. The highest BCUT2D eigenvalue weighted by atomic mass is 16.5. The smallest absolute Gasteiger partial charge is 0.239 e. The van der Waals surface area contributed by atoms with Crippen LogP contribution in [0, 0.1) is 23.2 Å². The molecule has 35 heavy (non-hydrogen) atoms. The van der Waals surface area contributed by atoms with E-state index in [9.17, 15) is 9.59 Å². The van der Waals surface area contributed by atoms with Gasteiger partial charge in [-0.1, -0.05) is 12.1 Å². The molecule has 1 saturated heterocycles. The average Bonchev–Trinajstić information content (AvgIpc) is 2.86. The number of carbonyl (C=O) groups excluding carboxylic acids is 2. The zero-order valence-electron chi connectivity index (χ0n) is 21.1. The van der Waals surface area contributed by atoms with E-state index < -0.39 is 0 Å². The molecule has 6 rings (SSSR count). The van der Waals surface area contributed by atoms with Gasteiger partial charge in [-0.3, -0.25) is 14.5 Å². The Balaban J connectivity index is 1.02. The molecular formula is C28H41N3O4. The second kappa shape index (κ2) is 10.9. The number of carbonyl (C=O) groups is 2. The summed E-state index contributed by atoms with van der Waals surface area (Å²) in [6.07, 6.45) is 9.13. The van der Waals surface area contributed by atoms with Gasteiger partial charge in [-0.2, -0.15) is 0 Å². The van der Waals surface area contributed by atoms with Gasteiger partial charge in [0.2, 0.25) is 11.8 Å². The summed E-state index contributed by atoms with van der Waals surface area (Å²) in [5.41, 5.74) is 0.778. The molecule has 192 valence electrons. The molecule has 7 nitrogen and oxygen atoms in total. The Morgan fingerprint density at radius 2 is 1.74 bits per heavy atom. The van der Waals surface area contributed by atoms with Gasteiger partial charge in [-0.15, -0.1) is 0 Å². The first-order chi connectivity index (χ1) is 17.0. The summed E-state index contributed by atoms with van der Waals surface area (Å²) in [5.74, 6) is 2.93. The second-order valence-corrected chi connectivity index (χ2v) is 11.5. The number of ether oxygens (including phenoxy) is 2. The van der Waals surface area contributed by atoms with Crippen LogP contribution in [0.15, 0.2) is 24.3 Å². The highest BCUT2D eigenvalue weighted by Crippen LogP contribution is 2.60. The third kappa shape index (κ3) is 6.00. The molecule has 4 saturated carbocycles. The second-order valence-electron chi connectivity index (χ2n) is 11.5. The maximum Gasteiger partial charge on any atom is 0.239 e. The monoisotopic (exact) mass is 483 g/mol. The molecule has 1 aliphatic heterocycles. The van der Waals surface area contributed by atoms with Crippen LogP contribution in [0.25, 0.3) is 0 Å². The predicted molar refractivity (Wildman–Crippen MR) is 134 cm³/mol. The number of nitrogens with one attached hydrogen (secondary N) is 2. The molecule has 0 aromatic heterocycles. The van der Waals surface area contributed by atoms with Crippen LogP contribution in [0.5, 0.6) is 5.75 Å². The molecular weight excluding hydrogens is 442 g/mol. The molecule has 4 aliphatic carbocycles. The first-order valence-corrected chi connectivity index (χ1v) is 13.5. The third-order valence-electron chi connectivity index (χ3n) is 8.84. The summed E-state index contributed by atoms with van der Waals surface area (Å²) in [6.45, 7) is 3.65. The van der Waals surface area contributed by atoms with Crippen LogP contribution >= 0.6 is 0 Å². The molecule has 1 aromatic carbocycles. The van der Waals surface area contributed by atoms with E-state index in [1.807, 2.05) is 24.3 Å². The summed E-state index contributed by atoms with van der Waals surface area (Å²) < 4.78 is 11.4. The van der Waals surface area contributed by atoms with Crippen molar-refractivity contribution in [2.45, 2.75) is 64.0 Å². The van der Waals surface area contributed by atoms with Crippen LogP contribution in [0.2, 0.25) is 0 Å². The van der Waals surface area contributed by atoms with Crippen LogP contribution < -0.4 is 15.4 Å². The average molecular weight is 484 g/mol. The lowest BCUT2D eigenvalue weighted by Gasteiger charge is -2.55. The van der Waals surface area contributed by atoms with E-state index in [1.54, 1.807) is 0 Å². The van der Waals surface area contributed by atoms with E-state index in [4.69, 9.17) is 9.47 Å². The molecule has 2 amide bonds. The highest BCUT2D eigenvalue weighted by molar-refractivity contribution is 5.88. The Labute approximate surface area is 209 Å². The van der Waals surface area contributed by atoms with Gasteiger partial charge in [0.25, 0.3) is 0 Å². The van der Waals surface area contributed by atoms with E-state index in [0.717, 1.165) is 80.9 Å². The van der Waals surface area contributed by atoms with Crippen molar-refractivity contribution in [1.82, 2.24) is 15.5 Å². The summed E-state index contributed by atoms with van der Waals surface area (Å²) in [6, 6.07) is 8.43. The van der Waals surface area contributed by atoms with Crippen molar-refractivity contribution in [1.29, 1.82) is 0 Å². The van der Waals surface area contributed by atoms with Crippen LogP contribution in [-0.4, -0.2) is 62.7 Å². The maximum atomic E-state index is 13.1. The van der Waals surface area contributed by atoms with Gasteiger partial charge in [0.1, 0.15) is 12.4 Å². The first kappa shape index (κ1) is 24.6. The molecule has 5 aliphatic rings. The molecule has 1 heterocycles. The fourth-order valence-electron chi connectivity index (χ4n) is 7.36. The van der Waals surface area contributed by atoms with Gasteiger partial charge in [-0.25, -0.2) is 0 Å². The summed E-state index contributed by atoms with van der Waals surface area (Å²) in [4.78, 5) is 27.9. The number of benzene rings is 1. The Bertz CT molecular complexity index is 863.